The van der Waals surface area contributed by atoms with Crippen LogP contribution in [0.15, 0.2) is 27.1 Å². The summed E-state index contributed by atoms with van der Waals surface area (Å²) in [5.74, 6) is -0.760. The van der Waals surface area contributed by atoms with Gasteiger partial charge in [-0.1, -0.05) is 0 Å². The summed E-state index contributed by atoms with van der Waals surface area (Å²) < 4.78 is 45.2. The maximum atomic E-state index is 13.2. The van der Waals surface area contributed by atoms with Gasteiger partial charge in [-0.3, -0.25) is 9.80 Å². The van der Waals surface area contributed by atoms with Gasteiger partial charge in [-0.15, -0.1) is 11.3 Å². The van der Waals surface area contributed by atoms with E-state index in [9.17, 15) is 18.0 Å². The van der Waals surface area contributed by atoms with E-state index in [4.69, 9.17) is 4.74 Å². The molecule has 2 heterocycles. The minimum absolute atomic E-state index is 0.0151. The third-order valence-electron chi connectivity index (χ3n) is 3.08. The summed E-state index contributed by atoms with van der Waals surface area (Å²) >= 11 is 3.99. The van der Waals surface area contributed by atoms with Gasteiger partial charge in [0.2, 0.25) is 5.78 Å². The number of alkyl halides is 3. The Balaban J connectivity index is 2.26. The van der Waals surface area contributed by atoms with Gasteiger partial charge in [0.1, 0.15) is 5.71 Å². The van der Waals surface area contributed by atoms with Gasteiger partial charge in [-0.2, -0.15) is 18.3 Å². The van der Waals surface area contributed by atoms with Crippen LogP contribution in [-0.2, 0) is 9.53 Å². The first-order valence-electron chi connectivity index (χ1n) is 6.73. The molecule has 0 N–H and O–H groups in total. The van der Waals surface area contributed by atoms with Gasteiger partial charge in [0.25, 0.3) is 0 Å². The fraction of sp³-hybridized carbons (Fsp3) is 0.429. The Hall–Kier alpha value is -1.19. The maximum Gasteiger partial charge on any atom is 0.417 e. The first kappa shape index (κ1) is 18.2. The molecule has 9 heteroatoms. The van der Waals surface area contributed by atoms with Gasteiger partial charge in [0, 0.05) is 10.5 Å². The number of hydrazone groups is 1. The summed E-state index contributed by atoms with van der Waals surface area (Å²) in [6.45, 7) is 3.40. The molecule has 2 rings (SSSR count). The molecule has 1 aromatic heterocycles. The predicted octanol–water partition coefficient (Wildman–Crippen LogP) is 3.73. The second-order valence-corrected chi connectivity index (χ2v) is 6.54. The Kier molecular flexibility index (Phi) is 5.99. The topological polar surface area (TPSA) is 41.9 Å². The van der Waals surface area contributed by atoms with E-state index in [0.717, 1.165) is 11.3 Å². The van der Waals surface area contributed by atoms with Crippen molar-refractivity contribution in [2.45, 2.75) is 13.1 Å². The molecule has 0 atom stereocenters. The highest BCUT2D eigenvalue weighted by molar-refractivity contribution is 9.10. The molecule has 1 aliphatic heterocycles. The number of hydrogen-bond donors (Lipinski definition) is 0. The smallest absolute Gasteiger partial charge is 0.378 e. The van der Waals surface area contributed by atoms with Crippen molar-refractivity contribution in [2.75, 3.05) is 26.3 Å². The number of allylic oxidation sites excluding steroid dienone is 2. The van der Waals surface area contributed by atoms with Crippen LogP contribution in [0.25, 0.3) is 5.57 Å². The number of hydrogen-bond acceptors (Lipinski definition) is 5. The average molecular weight is 411 g/mol. The van der Waals surface area contributed by atoms with E-state index in [0.29, 0.717) is 36.9 Å². The van der Waals surface area contributed by atoms with Crippen molar-refractivity contribution in [1.82, 2.24) is 5.01 Å². The number of carbonyl (C=O) groups is 1. The highest BCUT2D eigenvalue weighted by atomic mass is 79.9. The minimum Gasteiger partial charge on any atom is -0.378 e. The molecule has 4 nitrogen and oxygen atoms in total. The zero-order chi connectivity index (χ0) is 17.0. The predicted molar refractivity (Wildman–Crippen MR) is 86.6 cm³/mol. The summed E-state index contributed by atoms with van der Waals surface area (Å²) in [6, 6.07) is 1.51. The van der Waals surface area contributed by atoms with Crippen LogP contribution in [0.2, 0.25) is 0 Å². The van der Waals surface area contributed by atoms with Crippen LogP contribution in [-0.4, -0.2) is 49.0 Å². The van der Waals surface area contributed by atoms with E-state index in [1.807, 2.05) is 0 Å². The number of halogens is 4. The van der Waals surface area contributed by atoms with E-state index >= 15 is 0 Å². The Morgan fingerprint density at radius 1 is 1.43 bits per heavy atom. The SMILES string of the molecule is C/C(=N\N1CCOCC1)C(=O)/C=C(/c1sccc1Br)C(F)(F)F. The van der Waals surface area contributed by atoms with Crippen LogP contribution in [0.4, 0.5) is 13.2 Å². The zero-order valence-electron chi connectivity index (χ0n) is 12.2. The Bertz CT molecular complexity index is 634. The third-order valence-corrected chi connectivity index (χ3v) is 4.95. The molecule has 0 aromatic carbocycles. The van der Waals surface area contributed by atoms with Crippen molar-refractivity contribution in [3.05, 3.63) is 26.9 Å². The lowest BCUT2D eigenvalue weighted by Crippen LogP contribution is -2.33. The molecule has 1 fully saturated rings. The van der Waals surface area contributed by atoms with Crippen LogP contribution < -0.4 is 0 Å². The monoisotopic (exact) mass is 410 g/mol. The van der Waals surface area contributed by atoms with Gasteiger partial charge < -0.3 is 4.74 Å². The second-order valence-electron chi connectivity index (χ2n) is 4.77. The van der Waals surface area contributed by atoms with Crippen LogP contribution in [0, 0.1) is 0 Å². The molecular weight excluding hydrogens is 397 g/mol. The highest BCUT2D eigenvalue weighted by Crippen LogP contribution is 2.40. The van der Waals surface area contributed by atoms with Crippen molar-refractivity contribution in [3.63, 3.8) is 0 Å². The number of nitrogens with zero attached hydrogens (tertiary/aromatic N) is 2. The molecule has 0 amide bonds. The fourth-order valence-electron chi connectivity index (χ4n) is 1.91. The fourth-order valence-corrected chi connectivity index (χ4v) is 3.54. The Labute approximate surface area is 143 Å². The van der Waals surface area contributed by atoms with E-state index in [1.165, 1.54) is 18.4 Å². The van der Waals surface area contributed by atoms with E-state index in [-0.39, 0.29) is 10.6 Å². The van der Waals surface area contributed by atoms with E-state index in [2.05, 4.69) is 21.0 Å². The molecule has 0 bridgehead atoms. The molecule has 0 saturated carbocycles. The Morgan fingerprint density at radius 3 is 2.61 bits per heavy atom. The molecular formula is C14H14BrF3N2O2S. The summed E-state index contributed by atoms with van der Waals surface area (Å²) in [7, 11) is 0. The van der Waals surface area contributed by atoms with Crippen LogP contribution in [0.5, 0.6) is 0 Å². The van der Waals surface area contributed by atoms with Crippen molar-refractivity contribution < 1.29 is 22.7 Å². The maximum absolute atomic E-state index is 13.2. The molecule has 0 unspecified atom stereocenters. The van der Waals surface area contributed by atoms with Crippen LogP contribution in [0.3, 0.4) is 0 Å². The van der Waals surface area contributed by atoms with Crippen LogP contribution >= 0.6 is 27.3 Å². The summed E-state index contributed by atoms with van der Waals surface area (Å²) in [5, 5.41) is 7.22. The number of carbonyl (C=O) groups excluding carboxylic acids is 1. The molecule has 23 heavy (non-hydrogen) atoms. The van der Waals surface area contributed by atoms with E-state index in [1.54, 1.807) is 5.01 Å². The van der Waals surface area contributed by atoms with Gasteiger partial charge in [-0.05, 0) is 34.3 Å². The lowest BCUT2D eigenvalue weighted by Gasteiger charge is -2.24. The van der Waals surface area contributed by atoms with Gasteiger partial charge in [0.05, 0.1) is 36.8 Å². The Morgan fingerprint density at radius 2 is 2.09 bits per heavy atom. The summed E-state index contributed by atoms with van der Waals surface area (Å²) in [4.78, 5) is 12.1. The largest absolute Gasteiger partial charge is 0.417 e. The number of morpholine rings is 1. The first-order valence-corrected chi connectivity index (χ1v) is 8.41. The molecule has 126 valence electrons. The summed E-state index contributed by atoms with van der Waals surface area (Å²) in [6.07, 6.45) is -4.02. The minimum atomic E-state index is -4.62. The van der Waals surface area contributed by atoms with Gasteiger partial charge in [-0.25, -0.2) is 0 Å². The number of thiophene rings is 1. The van der Waals surface area contributed by atoms with E-state index < -0.39 is 17.5 Å². The van der Waals surface area contributed by atoms with Gasteiger partial charge >= 0.3 is 6.18 Å². The van der Waals surface area contributed by atoms with Crippen molar-refractivity contribution >= 4 is 44.3 Å². The average Bonchev–Trinajstić information content (AvgIpc) is 2.90. The van der Waals surface area contributed by atoms with Crippen molar-refractivity contribution in [2.24, 2.45) is 5.10 Å². The van der Waals surface area contributed by atoms with Crippen LogP contribution in [0.1, 0.15) is 11.8 Å². The lowest BCUT2D eigenvalue weighted by atomic mass is 10.1. The molecule has 0 radical (unpaired) electrons. The molecule has 0 spiro atoms. The molecule has 0 aliphatic carbocycles. The number of rotatable bonds is 4. The van der Waals surface area contributed by atoms with Gasteiger partial charge in [0.15, 0.2) is 0 Å². The number of ketones is 1. The standard InChI is InChI=1S/C14H14BrF3N2O2S/c1-9(19-20-3-5-22-6-4-20)12(21)8-10(14(16,17)18)13-11(15)2-7-23-13/h2,7-8H,3-6H2,1H3/b10-8-,19-9+. The third kappa shape index (κ3) is 4.89. The second kappa shape index (κ2) is 7.59. The molecule has 1 aromatic rings. The highest BCUT2D eigenvalue weighted by Gasteiger charge is 2.37. The first-order chi connectivity index (χ1) is 10.8. The number of ether oxygens (including phenoxy) is 1. The summed E-state index contributed by atoms with van der Waals surface area (Å²) in [5.41, 5.74) is -0.956. The quantitative estimate of drug-likeness (QED) is 0.560. The normalized spacial score (nSPS) is 17.5. The lowest BCUT2D eigenvalue weighted by molar-refractivity contribution is -0.109. The molecule has 1 saturated heterocycles. The van der Waals surface area contributed by atoms with Crippen molar-refractivity contribution in [1.29, 1.82) is 0 Å². The van der Waals surface area contributed by atoms with Crippen molar-refractivity contribution in [3.8, 4) is 0 Å². The zero-order valence-corrected chi connectivity index (χ0v) is 14.6. The molecule has 1 aliphatic rings.